The topological polar surface area (TPSA) is 43.5 Å². The molecule has 5 nitrogen and oxygen atoms in total. The molecule has 1 aromatic heterocycles. The lowest BCUT2D eigenvalue weighted by Gasteiger charge is -2.25. The molecule has 3 aromatic carbocycles. The Morgan fingerprint density at radius 2 is 1.89 bits per heavy atom. The summed E-state index contributed by atoms with van der Waals surface area (Å²) in [6, 6.07) is 24.7. The van der Waals surface area contributed by atoms with Crippen molar-refractivity contribution in [3.8, 4) is 16.9 Å². The fourth-order valence-corrected chi connectivity index (χ4v) is 5.47. The normalized spacial score (nSPS) is 15.4. The zero-order valence-corrected chi connectivity index (χ0v) is 23.2. The number of nitrogens with zero attached hydrogens (tertiary/aromatic N) is 2. The van der Waals surface area contributed by atoms with Crippen LogP contribution in [0.25, 0.3) is 22.0 Å². The first kappa shape index (κ1) is 26.2. The van der Waals surface area contributed by atoms with Crippen LogP contribution in [0.4, 0.5) is 11.4 Å². The molecule has 5 rings (SSSR count). The first-order valence-corrected chi connectivity index (χ1v) is 14.2. The van der Waals surface area contributed by atoms with Crippen LogP contribution in [-0.4, -0.2) is 49.2 Å². The van der Waals surface area contributed by atoms with Crippen molar-refractivity contribution in [2.24, 2.45) is 0 Å². The smallest absolute Gasteiger partial charge is 0.127 e. The van der Waals surface area contributed by atoms with Gasteiger partial charge in [-0.05, 0) is 106 Å². The number of unbranched alkanes of at least 4 members (excludes halogenated alkanes) is 1. The van der Waals surface area contributed by atoms with Gasteiger partial charge in [-0.15, -0.1) is 0 Å². The molecule has 1 atom stereocenters. The van der Waals surface area contributed by atoms with Gasteiger partial charge in [0.1, 0.15) is 5.75 Å². The summed E-state index contributed by atoms with van der Waals surface area (Å²) in [5, 5.41) is 4.90. The van der Waals surface area contributed by atoms with Crippen LogP contribution in [-0.2, 0) is 6.54 Å². The third-order valence-corrected chi connectivity index (χ3v) is 7.56. The van der Waals surface area contributed by atoms with Gasteiger partial charge in [-0.2, -0.15) is 0 Å². The number of hydrogen-bond acceptors (Lipinski definition) is 4. The van der Waals surface area contributed by atoms with Gasteiger partial charge >= 0.3 is 0 Å². The molecule has 0 unspecified atom stereocenters. The number of anilines is 2. The monoisotopic (exact) mass is 510 g/mol. The predicted octanol–water partition coefficient (Wildman–Crippen LogP) is 7.55. The minimum Gasteiger partial charge on any atom is -0.493 e. The van der Waals surface area contributed by atoms with Gasteiger partial charge in [0.05, 0.1) is 18.0 Å². The zero-order valence-electron chi connectivity index (χ0n) is 23.2. The van der Waals surface area contributed by atoms with E-state index in [1.807, 2.05) is 6.20 Å². The third-order valence-electron chi connectivity index (χ3n) is 7.56. The van der Waals surface area contributed by atoms with Crippen molar-refractivity contribution in [3.63, 3.8) is 0 Å². The Hall–Kier alpha value is -3.44. The maximum atomic E-state index is 6.51. The van der Waals surface area contributed by atoms with E-state index < -0.39 is 0 Å². The number of rotatable bonds is 11. The quantitative estimate of drug-likeness (QED) is 0.205. The first-order valence-electron chi connectivity index (χ1n) is 14.2. The summed E-state index contributed by atoms with van der Waals surface area (Å²) in [5.74, 6) is 0.980. The molecule has 0 fully saturated rings. The first-order chi connectivity index (χ1) is 18.6. The number of nitrogens with one attached hydrogen (secondary N) is 2. The lowest BCUT2D eigenvalue weighted by molar-refractivity contribution is 0.279. The lowest BCUT2D eigenvalue weighted by Crippen LogP contribution is -2.24. The van der Waals surface area contributed by atoms with Crippen molar-refractivity contribution < 1.29 is 4.74 Å². The number of H-pyrrole nitrogens is 1. The Kier molecular flexibility index (Phi) is 8.54. The molecule has 1 aliphatic heterocycles. The summed E-state index contributed by atoms with van der Waals surface area (Å²) in [6.45, 7) is 9.40. The van der Waals surface area contributed by atoms with E-state index in [0.29, 0.717) is 6.04 Å². The van der Waals surface area contributed by atoms with E-state index in [2.05, 4.69) is 108 Å². The minimum atomic E-state index is 0.460. The van der Waals surface area contributed by atoms with Crippen molar-refractivity contribution in [2.45, 2.75) is 52.1 Å². The summed E-state index contributed by atoms with van der Waals surface area (Å²) in [7, 11) is 2.21. The number of para-hydroxylation sites is 2. The molecule has 0 saturated heterocycles. The second-order valence-corrected chi connectivity index (χ2v) is 10.7. The fourth-order valence-electron chi connectivity index (χ4n) is 5.47. The summed E-state index contributed by atoms with van der Waals surface area (Å²) in [4.78, 5) is 8.21. The van der Waals surface area contributed by atoms with Gasteiger partial charge in [-0.25, -0.2) is 0 Å². The van der Waals surface area contributed by atoms with Crippen LogP contribution in [0.1, 0.15) is 45.1 Å². The van der Waals surface area contributed by atoms with Crippen LogP contribution < -0.4 is 15.0 Å². The molecule has 0 bridgehead atoms. The summed E-state index contributed by atoms with van der Waals surface area (Å²) < 4.78 is 6.51. The van der Waals surface area contributed by atoms with E-state index in [4.69, 9.17) is 4.74 Å². The Labute approximate surface area is 227 Å². The molecule has 0 amide bonds. The van der Waals surface area contributed by atoms with E-state index in [1.165, 1.54) is 34.3 Å². The van der Waals surface area contributed by atoms with E-state index in [1.54, 1.807) is 0 Å². The highest BCUT2D eigenvalue weighted by Gasteiger charge is 2.19. The van der Waals surface area contributed by atoms with Crippen LogP contribution in [0, 0.1) is 0 Å². The number of benzene rings is 3. The van der Waals surface area contributed by atoms with Crippen LogP contribution in [0.3, 0.4) is 0 Å². The van der Waals surface area contributed by atoms with Gasteiger partial charge in [-0.3, -0.25) is 0 Å². The van der Waals surface area contributed by atoms with E-state index in [-0.39, 0.29) is 0 Å². The Balaban J connectivity index is 1.37. The van der Waals surface area contributed by atoms with E-state index in [9.17, 15) is 0 Å². The third kappa shape index (κ3) is 6.33. The van der Waals surface area contributed by atoms with Crippen molar-refractivity contribution in [1.29, 1.82) is 0 Å². The molecule has 0 saturated carbocycles. The maximum absolute atomic E-state index is 6.51. The number of ether oxygens (including phenoxy) is 1. The largest absolute Gasteiger partial charge is 0.493 e. The molecule has 1 aliphatic rings. The zero-order chi connectivity index (χ0) is 26.3. The molecule has 200 valence electrons. The number of hydrogen-bond donors (Lipinski definition) is 2. The second-order valence-electron chi connectivity index (χ2n) is 10.7. The predicted molar refractivity (Wildman–Crippen MR) is 161 cm³/mol. The molecule has 0 spiro atoms. The highest BCUT2D eigenvalue weighted by Crippen LogP contribution is 2.35. The SMILES string of the molecule is CCCN(C)CCCCOc1cc(CN2CC[C@H](C)Nc3ccccc32)ccc1-c1ccc2[nH]ccc2c1. The fraction of sp³-hybridized carbons (Fsp3) is 0.394. The van der Waals surface area contributed by atoms with Gasteiger partial charge in [-0.1, -0.05) is 37.3 Å². The van der Waals surface area contributed by atoms with Crippen molar-refractivity contribution in [1.82, 2.24) is 9.88 Å². The van der Waals surface area contributed by atoms with Gasteiger partial charge < -0.3 is 24.8 Å². The van der Waals surface area contributed by atoms with Crippen molar-refractivity contribution >= 4 is 22.3 Å². The Morgan fingerprint density at radius 3 is 2.79 bits per heavy atom. The van der Waals surface area contributed by atoms with Crippen molar-refractivity contribution in [3.05, 3.63) is 78.5 Å². The molecule has 0 aliphatic carbocycles. The van der Waals surface area contributed by atoms with Crippen molar-refractivity contribution in [2.75, 3.05) is 43.5 Å². The van der Waals surface area contributed by atoms with Gasteiger partial charge in [0.2, 0.25) is 0 Å². The molecular formula is C33H42N4O. The highest BCUT2D eigenvalue weighted by molar-refractivity contribution is 5.86. The molecule has 38 heavy (non-hydrogen) atoms. The molecule has 4 aromatic rings. The van der Waals surface area contributed by atoms with Crippen LogP contribution in [0.2, 0.25) is 0 Å². The van der Waals surface area contributed by atoms with Gasteiger partial charge in [0.15, 0.2) is 0 Å². The average Bonchev–Trinajstić information content (AvgIpc) is 3.33. The summed E-state index contributed by atoms with van der Waals surface area (Å²) in [6.07, 6.45) is 6.51. The molecule has 5 heteroatoms. The van der Waals surface area contributed by atoms with E-state index in [0.717, 1.165) is 68.9 Å². The van der Waals surface area contributed by atoms with Crippen LogP contribution in [0.15, 0.2) is 72.9 Å². The standard InChI is InChI=1S/C33H42N4O/c1-4-18-36(3)19-7-8-21-38-33-22-26(11-13-29(33)27-12-14-30-28(23-27)15-17-34-30)24-37-20-16-25(2)35-31-9-5-6-10-32(31)37/h5-6,9-15,17,22-23,25,34-35H,4,7-8,16,18-21,24H2,1-3H3/t25-/m0/s1. The number of aromatic nitrogens is 1. The Morgan fingerprint density at radius 1 is 1.00 bits per heavy atom. The molecular weight excluding hydrogens is 468 g/mol. The van der Waals surface area contributed by atoms with E-state index >= 15 is 0 Å². The molecule has 2 N–H and O–H groups in total. The molecule has 2 heterocycles. The Bertz CT molecular complexity index is 1330. The number of aromatic amines is 1. The lowest BCUT2D eigenvalue weighted by atomic mass is 10.0. The maximum Gasteiger partial charge on any atom is 0.127 e. The minimum absolute atomic E-state index is 0.460. The average molecular weight is 511 g/mol. The summed E-state index contributed by atoms with van der Waals surface area (Å²) in [5.41, 5.74) is 7.28. The molecule has 0 radical (unpaired) electrons. The second kappa shape index (κ2) is 12.4. The van der Waals surface area contributed by atoms with Crippen LogP contribution >= 0.6 is 0 Å². The van der Waals surface area contributed by atoms with Gasteiger partial charge in [0, 0.05) is 36.4 Å². The highest BCUT2D eigenvalue weighted by atomic mass is 16.5. The van der Waals surface area contributed by atoms with Crippen LogP contribution in [0.5, 0.6) is 5.75 Å². The number of fused-ring (bicyclic) bond motifs is 2. The summed E-state index contributed by atoms with van der Waals surface area (Å²) >= 11 is 0. The van der Waals surface area contributed by atoms with Gasteiger partial charge in [0.25, 0.3) is 0 Å².